The molecule has 1 aromatic heterocycles. The van der Waals surface area contributed by atoms with Gasteiger partial charge in [-0.2, -0.15) is 5.10 Å². The van der Waals surface area contributed by atoms with Gasteiger partial charge in [0.05, 0.1) is 18.7 Å². The summed E-state index contributed by atoms with van der Waals surface area (Å²) in [6, 6.07) is 7.37. The average Bonchev–Trinajstić information content (AvgIpc) is 3.13. The Bertz CT molecular complexity index is 784. The lowest BCUT2D eigenvalue weighted by Gasteiger charge is -2.20. The molecule has 0 bridgehead atoms. The van der Waals surface area contributed by atoms with E-state index in [0.717, 1.165) is 5.56 Å². The van der Waals surface area contributed by atoms with Crippen molar-refractivity contribution in [1.29, 1.82) is 0 Å². The molecule has 2 amide bonds. The van der Waals surface area contributed by atoms with Gasteiger partial charge in [0.1, 0.15) is 5.75 Å². The number of ether oxygens (including phenoxy) is 1. The first-order valence-corrected chi connectivity index (χ1v) is 7.73. The third-order valence-corrected chi connectivity index (χ3v) is 4.09. The molecule has 0 radical (unpaired) electrons. The lowest BCUT2D eigenvalue weighted by atomic mass is 10.1. The molecule has 1 fully saturated rings. The number of nitrogens with one attached hydrogen (secondary N) is 1. The first-order chi connectivity index (χ1) is 11.5. The molecule has 1 aromatic carbocycles. The van der Waals surface area contributed by atoms with Crippen LogP contribution >= 0.6 is 0 Å². The van der Waals surface area contributed by atoms with Gasteiger partial charge in [-0.05, 0) is 24.6 Å². The normalized spacial score (nSPS) is 17.2. The van der Waals surface area contributed by atoms with E-state index < -0.39 is 5.92 Å². The van der Waals surface area contributed by atoms with Crippen molar-refractivity contribution < 1.29 is 14.3 Å². The number of rotatable bonds is 4. The van der Waals surface area contributed by atoms with Crippen LogP contribution < -0.4 is 15.0 Å². The van der Waals surface area contributed by atoms with Crippen LogP contribution in [-0.4, -0.2) is 35.2 Å². The summed E-state index contributed by atoms with van der Waals surface area (Å²) in [5, 5.41) is 6.88. The number of benzene rings is 1. The second-order valence-corrected chi connectivity index (χ2v) is 5.94. The number of amides is 2. The second kappa shape index (κ2) is 6.35. The van der Waals surface area contributed by atoms with Gasteiger partial charge in [-0.3, -0.25) is 14.3 Å². The fraction of sp³-hybridized carbons (Fsp3) is 0.353. The Morgan fingerprint density at radius 1 is 1.38 bits per heavy atom. The lowest BCUT2D eigenvalue weighted by molar-refractivity contribution is -0.122. The third kappa shape index (κ3) is 3.10. The zero-order chi connectivity index (χ0) is 17.3. The van der Waals surface area contributed by atoms with Crippen molar-refractivity contribution in [1.82, 2.24) is 9.78 Å². The molecule has 7 heteroatoms. The molecule has 126 valence electrons. The summed E-state index contributed by atoms with van der Waals surface area (Å²) in [7, 11) is 3.35. The summed E-state index contributed by atoms with van der Waals surface area (Å²) < 4.78 is 6.96. The third-order valence-electron chi connectivity index (χ3n) is 4.09. The van der Waals surface area contributed by atoms with Crippen molar-refractivity contribution in [3.8, 4) is 5.75 Å². The van der Waals surface area contributed by atoms with E-state index in [-0.39, 0.29) is 18.2 Å². The van der Waals surface area contributed by atoms with Crippen molar-refractivity contribution in [3.63, 3.8) is 0 Å². The summed E-state index contributed by atoms with van der Waals surface area (Å²) in [4.78, 5) is 26.4. The van der Waals surface area contributed by atoms with Crippen LogP contribution in [0.3, 0.4) is 0 Å². The minimum absolute atomic E-state index is 0.0833. The molecule has 1 N–H and O–H groups in total. The molecule has 1 aliphatic rings. The fourth-order valence-corrected chi connectivity index (χ4v) is 2.84. The number of aromatic nitrogens is 2. The number of hydrogen-bond acceptors (Lipinski definition) is 4. The maximum atomic E-state index is 12.4. The van der Waals surface area contributed by atoms with Crippen molar-refractivity contribution in [2.45, 2.75) is 13.3 Å². The number of carbonyl (C=O) groups excluding carboxylic acids is 2. The summed E-state index contributed by atoms with van der Waals surface area (Å²) in [5.41, 5.74) is 1.73. The molecule has 1 saturated heterocycles. The van der Waals surface area contributed by atoms with Crippen molar-refractivity contribution in [2.75, 3.05) is 23.9 Å². The van der Waals surface area contributed by atoms with Crippen LogP contribution in [0.15, 0.2) is 30.5 Å². The van der Waals surface area contributed by atoms with Gasteiger partial charge in [0.25, 0.3) is 0 Å². The molecule has 24 heavy (non-hydrogen) atoms. The summed E-state index contributed by atoms with van der Waals surface area (Å²) >= 11 is 0. The molecule has 2 aromatic rings. The van der Waals surface area contributed by atoms with Gasteiger partial charge >= 0.3 is 0 Å². The minimum atomic E-state index is -0.412. The van der Waals surface area contributed by atoms with Gasteiger partial charge in [0.2, 0.25) is 11.8 Å². The second-order valence-electron chi connectivity index (χ2n) is 5.94. The number of aryl methyl sites for hydroxylation is 2. The number of carbonyl (C=O) groups is 2. The predicted molar refractivity (Wildman–Crippen MR) is 90.0 cm³/mol. The van der Waals surface area contributed by atoms with E-state index in [1.165, 1.54) is 0 Å². The van der Waals surface area contributed by atoms with E-state index in [2.05, 4.69) is 10.4 Å². The van der Waals surface area contributed by atoms with E-state index in [0.29, 0.717) is 23.8 Å². The Balaban J connectivity index is 1.76. The van der Waals surface area contributed by atoms with E-state index in [1.54, 1.807) is 36.0 Å². The van der Waals surface area contributed by atoms with Crippen LogP contribution in [0.2, 0.25) is 0 Å². The Hall–Kier alpha value is -2.83. The molecule has 1 atom stereocenters. The molecular weight excluding hydrogens is 308 g/mol. The van der Waals surface area contributed by atoms with Gasteiger partial charge in [0.15, 0.2) is 5.82 Å². The zero-order valence-corrected chi connectivity index (χ0v) is 13.9. The van der Waals surface area contributed by atoms with Gasteiger partial charge in [-0.15, -0.1) is 0 Å². The highest BCUT2D eigenvalue weighted by atomic mass is 16.5. The molecule has 0 aliphatic carbocycles. The van der Waals surface area contributed by atoms with Crippen molar-refractivity contribution in [3.05, 3.63) is 36.0 Å². The van der Waals surface area contributed by atoms with Crippen molar-refractivity contribution >= 4 is 23.3 Å². The molecule has 0 spiro atoms. The quantitative estimate of drug-likeness (QED) is 0.927. The van der Waals surface area contributed by atoms with Gasteiger partial charge < -0.3 is 15.0 Å². The fourth-order valence-electron chi connectivity index (χ4n) is 2.84. The smallest absolute Gasteiger partial charge is 0.231 e. The predicted octanol–water partition coefficient (Wildman–Crippen LogP) is 1.73. The maximum Gasteiger partial charge on any atom is 0.231 e. The van der Waals surface area contributed by atoms with E-state index >= 15 is 0 Å². The molecule has 2 heterocycles. The van der Waals surface area contributed by atoms with Crippen LogP contribution in [0.25, 0.3) is 0 Å². The van der Waals surface area contributed by atoms with Crippen molar-refractivity contribution in [2.24, 2.45) is 13.0 Å². The summed E-state index contributed by atoms with van der Waals surface area (Å²) in [6.45, 7) is 2.28. The number of anilines is 2. The highest BCUT2D eigenvalue weighted by Crippen LogP contribution is 2.34. The number of hydrogen-bond donors (Lipinski definition) is 1. The monoisotopic (exact) mass is 328 g/mol. The van der Waals surface area contributed by atoms with Gasteiger partial charge in [0, 0.05) is 32.3 Å². The number of nitrogens with zero attached hydrogens (tertiary/aromatic N) is 3. The maximum absolute atomic E-state index is 12.4. The summed E-state index contributed by atoms with van der Waals surface area (Å²) in [5.74, 6) is 0.419. The van der Waals surface area contributed by atoms with Gasteiger partial charge in [-0.25, -0.2) is 0 Å². The Labute approximate surface area is 140 Å². The molecule has 0 unspecified atom stereocenters. The van der Waals surface area contributed by atoms with E-state index in [4.69, 9.17) is 4.74 Å². The molecule has 3 rings (SSSR count). The van der Waals surface area contributed by atoms with E-state index in [9.17, 15) is 9.59 Å². The highest BCUT2D eigenvalue weighted by Gasteiger charge is 2.36. The summed E-state index contributed by atoms with van der Waals surface area (Å²) in [6.07, 6.45) is 1.93. The largest absolute Gasteiger partial charge is 0.495 e. The standard InChI is InChI=1S/C17H20N4O3/c1-11-4-5-14(24-3)13(8-11)21-10-12(9-16(21)22)17(23)18-15-6-7-20(2)19-15/h4-8,12H,9-10H2,1-3H3,(H,18,19,23)/t12-/m0/s1. The van der Waals surface area contributed by atoms with Crippen LogP contribution in [0.4, 0.5) is 11.5 Å². The molecule has 7 nitrogen and oxygen atoms in total. The zero-order valence-electron chi connectivity index (χ0n) is 13.9. The molecule has 1 aliphatic heterocycles. The van der Waals surface area contributed by atoms with Crippen LogP contribution in [0.5, 0.6) is 5.75 Å². The number of methoxy groups -OCH3 is 1. The first kappa shape index (κ1) is 16.0. The lowest BCUT2D eigenvalue weighted by Crippen LogP contribution is -2.28. The Morgan fingerprint density at radius 2 is 2.17 bits per heavy atom. The SMILES string of the molecule is COc1ccc(C)cc1N1C[C@@H](C(=O)Nc2ccn(C)n2)CC1=O. The Morgan fingerprint density at radius 3 is 2.83 bits per heavy atom. The topological polar surface area (TPSA) is 76.5 Å². The molecular formula is C17H20N4O3. The van der Waals surface area contributed by atoms with Crippen LogP contribution in [0, 0.1) is 12.8 Å². The Kier molecular flexibility index (Phi) is 4.24. The average molecular weight is 328 g/mol. The minimum Gasteiger partial charge on any atom is -0.495 e. The molecule has 0 saturated carbocycles. The first-order valence-electron chi connectivity index (χ1n) is 7.73. The highest BCUT2D eigenvalue weighted by molar-refractivity contribution is 6.04. The van der Waals surface area contributed by atoms with Gasteiger partial charge in [-0.1, -0.05) is 6.07 Å². The van der Waals surface area contributed by atoms with E-state index in [1.807, 2.05) is 25.1 Å². The van der Waals surface area contributed by atoms with Crippen LogP contribution in [-0.2, 0) is 16.6 Å². The van der Waals surface area contributed by atoms with Crippen LogP contribution in [0.1, 0.15) is 12.0 Å².